The first-order valence-corrected chi connectivity index (χ1v) is 7.43. The monoisotopic (exact) mass is 339 g/mol. The van der Waals surface area contributed by atoms with Gasteiger partial charge < -0.3 is 5.32 Å². The second-order valence-electron chi connectivity index (χ2n) is 5.17. The van der Waals surface area contributed by atoms with E-state index in [-0.39, 0.29) is 5.82 Å². The van der Waals surface area contributed by atoms with E-state index in [1.165, 1.54) is 6.07 Å². The zero-order chi connectivity index (χ0) is 14.9. The predicted molar refractivity (Wildman–Crippen MR) is 83.5 cm³/mol. The summed E-state index contributed by atoms with van der Waals surface area (Å²) in [5.41, 5.74) is 3.65. The molecule has 0 fully saturated rings. The topological polar surface area (TPSA) is 29.9 Å². The first kappa shape index (κ1) is 15.0. The van der Waals surface area contributed by atoms with Gasteiger partial charge in [-0.15, -0.1) is 0 Å². The van der Waals surface area contributed by atoms with Gasteiger partial charge in [0, 0.05) is 22.6 Å². The van der Waals surface area contributed by atoms with E-state index in [1.807, 2.05) is 24.6 Å². The highest BCUT2D eigenvalue weighted by atomic mass is 79.9. The number of aromatic nitrogens is 2. The molecule has 0 aliphatic carbocycles. The molecule has 0 bridgehead atoms. The molecule has 20 heavy (non-hydrogen) atoms. The molecule has 108 valence electrons. The average molecular weight is 340 g/mol. The first-order chi connectivity index (χ1) is 9.40. The van der Waals surface area contributed by atoms with Crippen molar-refractivity contribution in [2.75, 3.05) is 5.32 Å². The minimum absolute atomic E-state index is 0.210. The van der Waals surface area contributed by atoms with Crippen molar-refractivity contribution in [3.63, 3.8) is 0 Å². The molecule has 0 radical (unpaired) electrons. The second kappa shape index (κ2) is 5.95. The normalized spacial score (nSPS) is 11.2. The van der Waals surface area contributed by atoms with Gasteiger partial charge in [-0.25, -0.2) is 4.39 Å². The van der Waals surface area contributed by atoms with Crippen LogP contribution in [0.25, 0.3) is 0 Å². The Kier molecular flexibility index (Phi) is 4.48. The molecule has 0 aliphatic rings. The molecule has 1 N–H and O–H groups in total. The van der Waals surface area contributed by atoms with E-state index in [4.69, 9.17) is 0 Å². The van der Waals surface area contributed by atoms with Crippen molar-refractivity contribution in [1.82, 2.24) is 9.78 Å². The number of halogens is 2. The van der Waals surface area contributed by atoms with E-state index in [0.29, 0.717) is 18.2 Å². The summed E-state index contributed by atoms with van der Waals surface area (Å²) in [6.45, 7) is 8.63. The van der Waals surface area contributed by atoms with Crippen molar-refractivity contribution >= 4 is 21.6 Å². The van der Waals surface area contributed by atoms with E-state index in [1.54, 1.807) is 6.07 Å². The Balaban J connectivity index is 2.19. The minimum Gasteiger partial charge on any atom is -0.378 e. The number of hydrogen-bond acceptors (Lipinski definition) is 2. The van der Waals surface area contributed by atoms with Crippen LogP contribution in [-0.2, 0) is 6.54 Å². The largest absolute Gasteiger partial charge is 0.378 e. The Morgan fingerprint density at radius 3 is 2.60 bits per heavy atom. The fraction of sp³-hybridized carbons (Fsp3) is 0.400. The molecule has 0 unspecified atom stereocenters. The van der Waals surface area contributed by atoms with Crippen molar-refractivity contribution in [1.29, 1.82) is 0 Å². The van der Waals surface area contributed by atoms with Crippen LogP contribution in [0.15, 0.2) is 22.7 Å². The Morgan fingerprint density at radius 2 is 2.05 bits per heavy atom. The third-order valence-electron chi connectivity index (χ3n) is 3.28. The van der Waals surface area contributed by atoms with Gasteiger partial charge in [-0.2, -0.15) is 5.10 Å². The van der Waals surface area contributed by atoms with Crippen LogP contribution in [-0.4, -0.2) is 9.78 Å². The van der Waals surface area contributed by atoms with Gasteiger partial charge >= 0.3 is 0 Å². The van der Waals surface area contributed by atoms with Gasteiger partial charge in [0.2, 0.25) is 0 Å². The van der Waals surface area contributed by atoms with E-state index in [9.17, 15) is 4.39 Å². The number of nitrogens with one attached hydrogen (secondary N) is 1. The molecule has 2 rings (SSSR count). The lowest BCUT2D eigenvalue weighted by atomic mass is 10.2. The maximum atomic E-state index is 13.8. The summed E-state index contributed by atoms with van der Waals surface area (Å²) in [6, 6.07) is 5.42. The standard InChI is InChI=1S/C15H19BrFN3/c1-9(2)20-11(4)15(10(3)19-20)18-8-12-5-6-13(16)7-14(12)17/h5-7,9,18H,8H2,1-4H3. The summed E-state index contributed by atoms with van der Waals surface area (Å²) in [7, 11) is 0. The van der Waals surface area contributed by atoms with Gasteiger partial charge in [0.15, 0.2) is 0 Å². The predicted octanol–water partition coefficient (Wildman–Crippen LogP) is 4.59. The molecule has 0 aliphatic heterocycles. The van der Waals surface area contributed by atoms with Crippen LogP contribution in [0.1, 0.15) is 36.8 Å². The molecule has 2 aromatic rings. The molecule has 0 amide bonds. The van der Waals surface area contributed by atoms with E-state index < -0.39 is 0 Å². The summed E-state index contributed by atoms with van der Waals surface area (Å²) in [5, 5.41) is 7.81. The number of anilines is 1. The summed E-state index contributed by atoms with van der Waals surface area (Å²) >= 11 is 3.26. The van der Waals surface area contributed by atoms with Crippen LogP contribution in [0, 0.1) is 19.7 Å². The summed E-state index contributed by atoms with van der Waals surface area (Å²) in [6.07, 6.45) is 0. The molecule has 1 aromatic heterocycles. The minimum atomic E-state index is -0.210. The molecule has 0 saturated heterocycles. The molecule has 1 heterocycles. The Labute approximate surface area is 127 Å². The van der Waals surface area contributed by atoms with Gasteiger partial charge in [-0.3, -0.25) is 4.68 Å². The first-order valence-electron chi connectivity index (χ1n) is 6.63. The Hall–Kier alpha value is -1.36. The maximum absolute atomic E-state index is 13.8. The fourth-order valence-corrected chi connectivity index (χ4v) is 2.60. The molecule has 1 aromatic carbocycles. The zero-order valence-electron chi connectivity index (χ0n) is 12.2. The lowest BCUT2D eigenvalue weighted by Crippen LogP contribution is -2.06. The van der Waals surface area contributed by atoms with Crippen LogP contribution in [0.3, 0.4) is 0 Å². The van der Waals surface area contributed by atoms with Gasteiger partial charge in [0.05, 0.1) is 17.1 Å². The van der Waals surface area contributed by atoms with Crippen molar-refractivity contribution in [2.45, 2.75) is 40.3 Å². The van der Waals surface area contributed by atoms with Crippen molar-refractivity contribution < 1.29 is 4.39 Å². The van der Waals surface area contributed by atoms with E-state index in [0.717, 1.165) is 21.5 Å². The summed E-state index contributed by atoms with van der Waals surface area (Å²) < 4.78 is 16.5. The van der Waals surface area contributed by atoms with Gasteiger partial charge in [-0.1, -0.05) is 22.0 Å². The number of aryl methyl sites for hydroxylation is 1. The highest BCUT2D eigenvalue weighted by molar-refractivity contribution is 9.10. The van der Waals surface area contributed by atoms with E-state index in [2.05, 4.69) is 40.2 Å². The molecule has 5 heteroatoms. The van der Waals surface area contributed by atoms with Crippen LogP contribution >= 0.6 is 15.9 Å². The Bertz CT molecular complexity index is 620. The lowest BCUT2D eigenvalue weighted by Gasteiger charge is -2.10. The zero-order valence-corrected chi connectivity index (χ0v) is 13.8. The number of rotatable bonds is 4. The Morgan fingerprint density at radius 1 is 1.35 bits per heavy atom. The molecule has 3 nitrogen and oxygen atoms in total. The van der Waals surface area contributed by atoms with Crippen molar-refractivity contribution in [2.24, 2.45) is 0 Å². The van der Waals surface area contributed by atoms with Crippen LogP contribution in [0.5, 0.6) is 0 Å². The quantitative estimate of drug-likeness (QED) is 0.882. The highest BCUT2D eigenvalue weighted by Gasteiger charge is 2.13. The highest BCUT2D eigenvalue weighted by Crippen LogP contribution is 2.24. The van der Waals surface area contributed by atoms with Gasteiger partial charge in [-0.05, 0) is 39.8 Å². The van der Waals surface area contributed by atoms with Crippen LogP contribution in [0.4, 0.5) is 10.1 Å². The number of nitrogens with zero attached hydrogens (tertiary/aromatic N) is 2. The number of hydrogen-bond donors (Lipinski definition) is 1. The van der Waals surface area contributed by atoms with Gasteiger partial charge in [0.1, 0.15) is 5.82 Å². The number of benzene rings is 1. The summed E-state index contributed by atoms with van der Waals surface area (Å²) in [4.78, 5) is 0. The maximum Gasteiger partial charge on any atom is 0.129 e. The van der Waals surface area contributed by atoms with Crippen molar-refractivity contribution in [3.8, 4) is 0 Å². The van der Waals surface area contributed by atoms with Crippen LogP contribution < -0.4 is 5.32 Å². The second-order valence-corrected chi connectivity index (χ2v) is 6.09. The van der Waals surface area contributed by atoms with Crippen LogP contribution in [0.2, 0.25) is 0 Å². The lowest BCUT2D eigenvalue weighted by molar-refractivity contribution is 0.516. The SMILES string of the molecule is Cc1nn(C(C)C)c(C)c1NCc1ccc(Br)cc1F. The smallest absolute Gasteiger partial charge is 0.129 e. The van der Waals surface area contributed by atoms with E-state index >= 15 is 0 Å². The average Bonchev–Trinajstić information content (AvgIpc) is 2.65. The molecule has 0 atom stereocenters. The van der Waals surface area contributed by atoms with Crippen molar-refractivity contribution in [3.05, 3.63) is 45.4 Å². The summed E-state index contributed by atoms with van der Waals surface area (Å²) in [5.74, 6) is -0.210. The van der Waals surface area contributed by atoms with Gasteiger partial charge in [0.25, 0.3) is 0 Å². The molecule has 0 saturated carbocycles. The third-order valence-corrected chi connectivity index (χ3v) is 3.78. The molecule has 0 spiro atoms. The third kappa shape index (κ3) is 3.03. The fourth-order valence-electron chi connectivity index (χ4n) is 2.27. The molecular formula is C15H19BrFN3. The molecular weight excluding hydrogens is 321 g/mol.